The molecule has 0 unspecified atom stereocenters. The number of nitrogens with zero attached hydrogens (tertiary/aromatic N) is 2. The molecular weight excluding hydrogens is 424 g/mol. The summed E-state index contributed by atoms with van der Waals surface area (Å²) in [5, 5.41) is 6.71. The van der Waals surface area contributed by atoms with Crippen molar-refractivity contribution in [3.05, 3.63) is 78.0 Å². The number of anilines is 2. The van der Waals surface area contributed by atoms with E-state index in [1.165, 1.54) is 0 Å². The Balaban J connectivity index is 1.31. The first-order valence-corrected chi connectivity index (χ1v) is 11.3. The predicted octanol–water partition coefficient (Wildman–Crippen LogP) is 4.09. The third kappa shape index (κ3) is 5.20. The summed E-state index contributed by atoms with van der Waals surface area (Å²) in [4.78, 5) is 31.1. The van der Waals surface area contributed by atoms with Crippen molar-refractivity contribution in [2.24, 2.45) is 0 Å². The number of nitrogens with one attached hydrogen (secondary N) is 2. The van der Waals surface area contributed by atoms with Gasteiger partial charge in [0.15, 0.2) is 0 Å². The largest absolute Gasteiger partial charge is 0.496 e. The average molecular weight is 449 g/mol. The molecule has 2 N–H and O–H groups in total. The summed E-state index contributed by atoms with van der Waals surface area (Å²) in [7, 11) is 1.61. The molecule has 2 aromatic carbocycles. The van der Waals surface area contributed by atoms with Crippen LogP contribution in [0.4, 0.5) is 16.2 Å². The van der Waals surface area contributed by atoms with E-state index in [9.17, 15) is 9.59 Å². The number of methoxy groups -OCH3 is 1. The van der Waals surface area contributed by atoms with E-state index in [4.69, 9.17) is 4.74 Å². The van der Waals surface area contributed by atoms with Gasteiger partial charge in [-0.2, -0.15) is 0 Å². The molecule has 164 valence electrons. The van der Waals surface area contributed by atoms with Crippen LogP contribution in [0.3, 0.4) is 0 Å². The summed E-state index contributed by atoms with van der Waals surface area (Å²) >= 11 is 1.65. The van der Waals surface area contributed by atoms with Gasteiger partial charge in [0.1, 0.15) is 10.8 Å². The number of aromatic nitrogens is 1. The number of hydrogen-bond donors (Lipinski definition) is 2. The van der Waals surface area contributed by atoms with Gasteiger partial charge in [-0.05, 0) is 35.9 Å². The number of thioether (sulfide) groups is 1. The maximum Gasteiger partial charge on any atom is 0.326 e. The molecule has 0 fully saturated rings. The summed E-state index contributed by atoms with van der Waals surface area (Å²) in [5.41, 5.74) is 3.29. The summed E-state index contributed by atoms with van der Waals surface area (Å²) < 4.78 is 5.31. The molecule has 0 radical (unpaired) electrons. The van der Waals surface area contributed by atoms with Crippen molar-refractivity contribution in [2.45, 2.75) is 18.0 Å². The van der Waals surface area contributed by atoms with Gasteiger partial charge in [0.05, 0.1) is 19.2 Å². The Bertz CT molecular complexity index is 1100. The minimum absolute atomic E-state index is 0.0809. The van der Waals surface area contributed by atoms with Crippen LogP contribution in [-0.4, -0.2) is 36.3 Å². The van der Waals surface area contributed by atoms with Gasteiger partial charge in [0.2, 0.25) is 5.91 Å². The van der Waals surface area contributed by atoms with Crippen molar-refractivity contribution in [2.75, 3.05) is 29.6 Å². The van der Waals surface area contributed by atoms with E-state index >= 15 is 0 Å². The number of hydrogen-bond acceptors (Lipinski definition) is 5. The Morgan fingerprint density at radius 2 is 1.91 bits per heavy atom. The molecule has 7 nitrogen and oxygen atoms in total. The van der Waals surface area contributed by atoms with Gasteiger partial charge >= 0.3 is 6.03 Å². The Hall–Kier alpha value is -3.52. The molecule has 1 aliphatic heterocycles. The van der Waals surface area contributed by atoms with E-state index in [0.717, 1.165) is 33.3 Å². The molecular formula is C24H24N4O3S. The first-order chi connectivity index (χ1) is 15.6. The maximum atomic E-state index is 12.8. The van der Waals surface area contributed by atoms with Crippen LogP contribution < -0.4 is 20.3 Å². The van der Waals surface area contributed by atoms with E-state index in [1.807, 2.05) is 60.7 Å². The summed E-state index contributed by atoms with van der Waals surface area (Å²) in [5.74, 6) is 1.47. The summed E-state index contributed by atoms with van der Waals surface area (Å²) in [6.45, 7) is 1.03. The van der Waals surface area contributed by atoms with E-state index in [1.54, 1.807) is 30.0 Å². The van der Waals surface area contributed by atoms with Crippen LogP contribution >= 0.6 is 11.8 Å². The molecule has 3 aromatic rings. The van der Waals surface area contributed by atoms with Crippen LogP contribution in [0, 0.1) is 0 Å². The minimum Gasteiger partial charge on any atom is -0.496 e. The van der Waals surface area contributed by atoms with Crippen molar-refractivity contribution in [3.8, 4) is 5.75 Å². The number of benzene rings is 2. The van der Waals surface area contributed by atoms with E-state index in [2.05, 4.69) is 15.6 Å². The first-order valence-electron chi connectivity index (χ1n) is 10.3. The standard InChI is InChI=1S/C24H24N4O3S/c1-31-21-7-3-2-5-18(21)16-26-22(29)15-17-8-10-19(11-9-17)27-24(30)28-13-14-32-23-20(28)6-4-12-25-23/h2-12H,13-16H2,1H3,(H,26,29)(H,27,30). The number of carbonyl (C=O) groups is 2. The molecule has 0 aliphatic carbocycles. The van der Waals surface area contributed by atoms with E-state index < -0.39 is 0 Å². The number of fused-ring (bicyclic) bond motifs is 1. The topological polar surface area (TPSA) is 83.6 Å². The third-order valence-electron chi connectivity index (χ3n) is 5.08. The van der Waals surface area contributed by atoms with Gasteiger partial charge in [-0.15, -0.1) is 11.8 Å². The molecule has 8 heteroatoms. The molecule has 2 heterocycles. The lowest BCUT2D eigenvalue weighted by Gasteiger charge is -2.28. The monoisotopic (exact) mass is 448 g/mol. The number of carbonyl (C=O) groups excluding carboxylic acids is 2. The van der Waals surface area contributed by atoms with Gasteiger partial charge in [-0.25, -0.2) is 9.78 Å². The van der Waals surface area contributed by atoms with Crippen LogP contribution in [-0.2, 0) is 17.8 Å². The van der Waals surface area contributed by atoms with E-state index in [-0.39, 0.29) is 18.4 Å². The van der Waals surface area contributed by atoms with Crippen molar-refractivity contribution < 1.29 is 14.3 Å². The van der Waals surface area contributed by atoms with Crippen molar-refractivity contribution in [1.29, 1.82) is 0 Å². The zero-order chi connectivity index (χ0) is 22.3. The van der Waals surface area contributed by atoms with Crippen molar-refractivity contribution in [1.82, 2.24) is 10.3 Å². The molecule has 0 bridgehead atoms. The molecule has 4 rings (SSSR count). The number of ether oxygens (including phenoxy) is 1. The number of amides is 3. The quantitative estimate of drug-likeness (QED) is 0.593. The third-order valence-corrected chi connectivity index (χ3v) is 6.05. The summed E-state index contributed by atoms with van der Waals surface area (Å²) in [6.07, 6.45) is 1.99. The highest BCUT2D eigenvalue weighted by molar-refractivity contribution is 7.99. The zero-order valence-electron chi connectivity index (χ0n) is 17.7. The van der Waals surface area contributed by atoms with Gasteiger partial charge in [0.25, 0.3) is 0 Å². The fraction of sp³-hybridized carbons (Fsp3) is 0.208. The van der Waals surface area contributed by atoms with Crippen LogP contribution in [0.1, 0.15) is 11.1 Å². The lowest BCUT2D eigenvalue weighted by Crippen LogP contribution is -2.38. The number of rotatable bonds is 6. The Labute approximate surface area is 191 Å². The van der Waals surface area contributed by atoms with Gasteiger partial charge in [0, 0.05) is 36.3 Å². The second-order valence-corrected chi connectivity index (χ2v) is 8.30. The average Bonchev–Trinajstić information content (AvgIpc) is 2.83. The summed E-state index contributed by atoms with van der Waals surface area (Å²) in [6, 6.07) is 18.5. The van der Waals surface area contributed by atoms with Crippen molar-refractivity contribution >= 4 is 35.1 Å². The second kappa shape index (κ2) is 10.2. The lowest BCUT2D eigenvalue weighted by molar-refractivity contribution is -0.120. The molecule has 1 aromatic heterocycles. The highest BCUT2D eigenvalue weighted by Crippen LogP contribution is 2.32. The maximum absolute atomic E-state index is 12.8. The lowest BCUT2D eigenvalue weighted by atomic mass is 10.1. The van der Waals surface area contributed by atoms with Gasteiger partial charge in [-0.3, -0.25) is 9.69 Å². The smallest absolute Gasteiger partial charge is 0.326 e. The Kier molecular flexibility index (Phi) is 6.91. The first kappa shape index (κ1) is 21.7. The molecule has 0 atom stereocenters. The zero-order valence-corrected chi connectivity index (χ0v) is 18.5. The van der Waals surface area contributed by atoms with E-state index in [0.29, 0.717) is 18.8 Å². The normalized spacial score (nSPS) is 12.6. The minimum atomic E-state index is -0.193. The fourth-order valence-corrected chi connectivity index (χ4v) is 4.38. The van der Waals surface area contributed by atoms with Crippen LogP contribution in [0.15, 0.2) is 71.9 Å². The second-order valence-electron chi connectivity index (χ2n) is 7.22. The predicted molar refractivity (Wildman–Crippen MR) is 126 cm³/mol. The number of pyridine rings is 1. The number of para-hydroxylation sites is 1. The molecule has 0 saturated heterocycles. The van der Waals surface area contributed by atoms with Crippen molar-refractivity contribution in [3.63, 3.8) is 0 Å². The highest BCUT2D eigenvalue weighted by Gasteiger charge is 2.23. The Morgan fingerprint density at radius 3 is 2.72 bits per heavy atom. The highest BCUT2D eigenvalue weighted by atomic mass is 32.2. The SMILES string of the molecule is COc1ccccc1CNC(=O)Cc1ccc(NC(=O)N2CCSc3ncccc32)cc1. The van der Waals surface area contributed by atoms with Crippen LogP contribution in [0.25, 0.3) is 0 Å². The van der Waals surface area contributed by atoms with Gasteiger partial charge in [-0.1, -0.05) is 30.3 Å². The van der Waals surface area contributed by atoms with Crippen LogP contribution in [0.2, 0.25) is 0 Å². The number of urea groups is 1. The molecule has 0 spiro atoms. The Morgan fingerprint density at radius 1 is 1.09 bits per heavy atom. The fourth-order valence-electron chi connectivity index (χ4n) is 3.45. The molecule has 1 aliphatic rings. The van der Waals surface area contributed by atoms with Gasteiger partial charge < -0.3 is 15.4 Å². The molecule has 0 saturated carbocycles. The molecule has 32 heavy (non-hydrogen) atoms. The molecule has 3 amide bonds. The van der Waals surface area contributed by atoms with Crippen LogP contribution in [0.5, 0.6) is 5.75 Å².